The lowest BCUT2D eigenvalue weighted by molar-refractivity contribution is 0.452. The van der Waals surface area contributed by atoms with Gasteiger partial charge >= 0.3 is 0 Å². The van der Waals surface area contributed by atoms with Gasteiger partial charge in [-0.05, 0) is 42.7 Å². The van der Waals surface area contributed by atoms with Crippen molar-refractivity contribution in [2.75, 3.05) is 4.90 Å². The molecular formula is C22H22N2O4S. The molecular weight excluding hydrogens is 388 g/mol. The molecule has 6 nitrogen and oxygen atoms in total. The quantitative estimate of drug-likeness (QED) is 0.584. The van der Waals surface area contributed by atoms with E-state index in [1.54, 1.807) is 36.2 Å². The molecule has 0 aliphatic carbocycles. The third-order valence-corrected chi connectivity index (χ3v) is 6.32. The van der Waals surface area contributed by atoms with Gasteiger partial charge in [-0.1, -0.05) is 44.2 Å². The Kier molecular flexibility index (Phi) is 5.02. The van der Waals surface area contributed by atoms with Crippen LogP contribution < -0.4 is 9.64 Å². The van der Waals surface area contributed by atoms with Crippen molar-refractivity contribution in [3.05, 3.63) is 66.4 Å². The second-order valence-corrected chi connectivity index (χ2v) is 8.41. The molecule has 1 aromatic heterocycles. The summed E-state index contributed by atoms with van der Waals surface area (Å²) in [5, 5.41) is -1.15. The molecule has 0 amide bonds. The number of pyridine rings is 1. The summed E-state index contributed by atoms with van der Waals surface area (Å²) in [6.45, 7) is 3.78. The second kappa shape index (κ2) is 7.50. The standard InChI is InChI=1S/C22H22N2O4S/c1-3-15-9-8-14-23-21(15)16-10-7-13-19-22(16)24(20(4-2)29(25,26)27)17-11-5-6-12-18(17)28-19/h5-14,20H,3-4H2,1-2H3,(H,25,26,27). The number of benzene rings is 2. The molecule has 3 aromatic rings. The van der Waals surface area contributed by atoms with Gasteiger partial charge in [-0.3, -0.25) is 9.54 Å². The van der Waals surface area contributed by atoms with Crippen LogP contribution in [0.3, 0.4) is 0 Å². The van der Waals surface area contributed by atoms with Crippen LogP contribution in [0.4, 0.5) is 11.4 Å². The molecule has 1 aliphatic heterocycles. The summed E-state index contributed by atoms with van der Waals surface area (Å²) in [5.41, 5.74) is 3.75. The van der Waals surface area contributed by atoms with Crippen molar-refractivity contribution >= 4 is 21.5 Å². The van der Waals surface area contributed by atoms with E-state index in [1.165, 1.54) is 0 Å². The van der Waals surface area contributed by atoms with Crippen LogP contribution in [-0.2, 0) is 16.5 Å². The van der Waals surface area contributed by atoms with Gasteiger partial charge in [0.05, 0.1) is 17.1 Å². The minimum Gasteiger partial charge on any atom is -0.453 e. The molecule has 1 N–H and O–H groups in total. The Morgan fingerprint density at radius 3 is 2.52 bits per heavy atom. The summed E-state index contributed by atoms with van der Waals surface area (Å²) in [7, 11) is -4.36. The van der Waals surface area contributed by atoms with Crippen LogP contribution in [0.15, 0.2) is 60.8 Å². The molecule has 0 saturated carbocycles. The van der Waals surface area contributed by atoms with E-state index in [2.05, 4.69) is 4.98 Å². The molecule has 0 bridgehead atoms. The predicted molar refractivity (Wildman–Crippen MR) is 113 cm³/mol. The van der Waals surface area contributed by atoms with Crippen LogP contribution in [0.5, 0.6) is 11.5 Å². The van der Waals surface area contributed by atoms with Crippen LogP contribution in [0, 0.1) is 0 Å². The number of aryl methyl sites for hydroxylation is 1. The van der Waals surface area contributed by atoms with E-state index in [0.29, 0.717) is 22.9 Å². The van der Waals surface area contributed by atoms with Gasteiger partial charge in [-0.15, -0.1) is 0 Å². The number of rotatable bonds is 5. The largest absolute Gasteiger partial charge is 0.453 e. The zero-order chi connectivity index (χ0) is 20.6. The Hall–Kier alpha value is -2.90. The molecule has 150 valence electrons. The number of para-hydroxylation sites is 3. The first-order valence-electron chi connectivity index (χ1n) is 9.55. The average Bonchev–Trinajstić information content (AvgIpc) is 2.72. The first kappa shape index (κ1) is 19.4. The fourth-order valence-electron chi connectivity index (χ4n) is 3.82. The number of anilines is 2. The predicted octanol–water partition coefficient (Wildman–Crippen LogP) is 5.18. The summed E-state index contributed by atoms with van der Waals surface area (Å²) in [4.78, 5) is 6.23. The number of hydrogen-bond donors (Lipinski definition) is 1. The lowest BCUT2D eigenvalue weighted by atomic mass is 9.99. The van der Waals surface area contributed by atoms with Gasteiger partial charge in [0, 0.05) is 11.8 Å². The van der Waals surface area contributed by atoms with Gasteiger partial charge in [0.2, 0.25) is 0 Å². The Morgan fingerprint density at radius 1 is 1.03 bits per heavy atom. The Balaban J connectivity index is 2.04. The van der Waals surface area contributed by atoms with E-state index in [4.69, 9.17) is 4.74 Å². The number of ether oxygens (including phenoxy) is 1. The number of fused-ring (bicyclic) bond motifs is 2. The minimum absolute atomic E-state index is 0.198. The highest BCUT2D eigenvalue weighted by Crippen LogP contribution is 2.52. The Bertz CT molecular complexity index is 1160. The van der Waals surface area contributed by atoms with E-state index in [1.807, 2.05) is 43.3 Å². The maximum atomic E-state index is 12.3. The fourth-order valence-corrected chi connectivity index (χ4v) is 4.72. The molecule has 2 aromatic carbocycles. The SMILES string of the molecule is CCc1cccnc1-c1cccc2c1N(C(CC)S(=O)(=O)O)c1ccccc1O2. The normalized spacial score (nSPS) is 14.0. The maximum Gasteiger partial charge on any atom is 0.286 e. The van der Waals surface area contributed by atoms with Crippen LogP contribution in [0.2, 0.25) is 0 Å². The van der Waals surface area contributed by atoms with E-state index in [-0.39, 0.29) is 6.42 Å². The maximum absolute atomic E-state index is 12.3. The van der Waals surface area contributed by atoms with Gasteiger partial charge in [0.25, 0.3) is 10.1 Å². The van der Waals surface area contributed by atoms with Gasteiger partial charge < -0.3 is 9.64 Å². The van der Waals surface area contributed by atoms with Gasteiger partial charge in [0.1, 0.15) is 0 Å². The minimum atomic E-state index is -4.36. The monoisotopic (exact) mass is 410 g/mol. The third kappa shape index (κ3) is 3.36. The Morgan fingerprint density at radius 2 is 1.79 bits per heavy atom. The van der Waals surface area contributed by atoms with Crippen molar-refractivity contribution in [2.45, 2.75) is 32.1 Å². The summed E-state index contributed by atoms with van der Waals surface area (Å²) < 4.78 is 40.7. The van der Waals surface area contributed by atoms with Crippen molar-refractivity contribution in [3.63, 3.8) is 0 Å². The van der Waals surface area contributed by atoms with Crippen molar-refractivity contribution in [3.8, 4) is 22.8 Å². The smallest absolute Gasteiger partial charge is 0.286 e. The molecule has 7 heteroatoms. The van der Waals surface area contributed by atoms with Crippen LogP contribution >= 0.6 is 0 Å². The van der Waals surface area contributed by atoms with Crippen LogP contribution in [0.1, 0.15) is 25.8 Å². The molecule has 29 heavy (non-hydrogen) atoms. The number of hydrogen-bond acceptors (Lipinski definition) is 5. The summed E-state index contributed by atoms with van der Waals surface area (Å²) in [6.07, 6.45) is 2.69. The van der Waals surface area contributed by atoms with Crippen LogP contribution in [-0.4, -0.2) is 23.3 Å². The first-order valence-corrected chi connectivity index (χ1v) is 11.1. The van der Waals surface area contributed by atoms with E-state index < -0.39 is 15.5 Å². The highest BCUT2D eigenvalue weighted by Gasteiger charge is 2.37. The lowest BCUT2D eigenvalue weighted by Gasteiger charge is -2.38. The molecule has 2 heterocycles. The highest BCUT2D eigenvalue weighted by molar-refractivity contribution is 7.86. The zero-order valence-corrected chi connectivity index (χ0v) is 17.1. The fraction of sp³-hybridized carbons (Fsp3) is 0.227. The number of aromatic nitrogens is 1. The van der Waals surface area contributed by atoms with Crippen molar-refractivity contribution in [2.24, 2.45) is 0 Å². The van der Waals surface area contributed by atoms with Crippen molar-refractivity contribution in [1.82, 2.24) is 4.98 Å². The van der Waals surface area contributed by atoms with E-state index in [0.717, 1.165) is 23.2 Å². The first-order chi connectivity index (χ1) is 14.0. The summed E-state index contributed by atoms with van der Waals surface area (Å²) in [5.74, 6) is 1.06. The van der Waals surface area contributed by atoms with Crippen molar-refractivity contribution < 1.29 is 17.7 Å². The van der Waals surface area contributed by atoms with E-state index >= 15 is 0 Å². The highest BCUT2D eigenvalue weighted by atomic mass is 32.2. The lowest BCUT2D eigenvalue weighted by Crippen LogP contribution is -2.39. The summed E-state index contributed by atoms with van der Waals surface area (Å²) >= 11 is 0. The van der Waals surface area contributed by atoms with Crippen molar-refractivity contribution in [1.29, 1.82) is 0 Å². The Labute approximate surface area is 170 Å². The molecule has 0 spiro atoms. The van der Waals surface area contributed by atoms with Crippen LogP contribution in [0.25, 0.3) is 11.3 Å². The third-order valence-electron chi connectivity index (χ3n) is 5.09. The molecule has 1 unspecified atom stereocenters. The molecule has 0 saturated heterocycles. The van der Waals surface area contributed by atoms with E-state index in [9.17, 15) is 13.0 Å². The molecule has 4 rings (SSSR count). The molecule has 1 atom stereocenters. The van der Waals surface area contributed by atoms with Gasteiger partial charge in [0.15, 0.2) is 16.9 Å². The average molecular weight is 410 g/mol. The topological polar surface area (TPSA) is 79.7 Å². The number of nitrogens with zero attached hydrogens (tertiary/aromatic N) is 2. The summed E-state index contributed by atoms with van der Waals surface area (Å²) in [6, 6.07) is 16.7. The van der Waals surface area contributed by atoms with Gasteiger partial charge in [-0.2, -0.15) is 8.42 Å². The zero-order valence-electron chi connectivity index (χ0n) is 16.2. The second-order valence-electron chi connectivity index (χ2n) is 6.83. The molecule has 0 fully saturated rings. The molecule has 0 radical (unpaired) electrons. The molecule has 1 aliphatic rings. The van der Waals surface area contributed by atoms with Gasteiger partial charge in [-0.25, -0.2) is 0 Å².